The van der Waals surface area contributed by atoms with E-state index in [1.807, 2.05) is 0 Å². The Morgan fingerprint density at radius 3 is 2.75 bits per heavy atom. The standard InChI is InChI=1S/C15H17NO4/c17-11-3-5-16(6-4-11)9-10-7-15(19)20-14-8-12(18)1-2-13(10)14/h1-2,7-8,11,17-18H,3-6,9H2. The molecule has 0 aliphatic carbocycles. The first-order valence-electron chi connectivity index (χ1n) is 6.78. The minimum atomic E-state index is -0.407. The summed E-state index contributed by atoms with van der Waals surface area (Å²) in [6.07, 6.45) is 1.32. The molecule has 0 saturated carbocycles. The monoisotopic (exact) mass is 275 g/mol. The number of aliphatic hydroxyl groups is 1. The number of aromatic hydroxyl groups is 1. The van der Waals surface area contributed by atoms with E-state index in [2.05, 4.69) is 4.90 Å². The van der Waals surface area contributed by atoms with Crippen LogP contribution in [0.1, 0.15) is 18.4 Å². The first-order valence-corrected chi connectivity index (χ1v) is 6.78. The Morgan fingerprint density at radius 2 is 2.00 bits per heavy atom. The van der Waals surface area contributed by atoms with E-state index in [0.717, 1.165) is 36.9 Å². The number of nitrogens with zero attached hydrogens (tertiary/aromatic N) is 1. The van der Waals surface area contributed by atoms with Crippen molar-refractivity contribution >= 4 is 11.0 Å². The minimum Gasteiger partial charge on any atom is -0.508 e. The molecule has 1 fully saturated rings. The summed E-state index contributed by atoms with van der Waals surface area (Å²) in [6.45, 7) is 2.29. The molecule has 106 valence electrons. The summed E-state index contributed by atoms with van der Waals surface area (Å²) in [7, 11) is 0. The number of likely N-dealkylation sites (tertiary alicyclic amines) is 1. The smallest absolute Gasteiger partial charge is 0.336 e. The van der Waals surface area contributed by atoms with Crippen LogP contribution in [0.2, 0.25) is 0 Å². The summed E-state index contributed by atoms with van der Waals surface area (Å²) in [5.74, 6) is 0.0823. The lowest BCUT2D eigenvalue weighted by Crippen LogP contribution is -2.35. The number of aliphatic hydroxyl groups excluding tert-OH is 1. The van der Waals surface area contributed by atoms with E-state index in [1.54, 1.807) is 12.1 Å². The third kappa shape index (κ3) is 2.69. The van der Waals surface area contributed by atoms with Gasteiger partial charge in [0, 0.05) is 37.2 Å². The Kier molecular flexibility index (Phi) is 3.46. The predicted octanol–water partition coefficient (Wildman–Crippen LogP) is 1.46. The van der Waals surface area contributed by atoms with Crippen molar-refractivity contribution in [2.75, 3.05) is 13.1 Å². The average molecular weight is 275 g/mol. The van der Waals surface area contributed by atoms with Crippen LogP contribution in [0.15, 0.2) is 33.5 Å². The summed E-state index contributed by atoms with van der Waals surface area (Å²) in [5, 5.41) is 19.8. The molecule has 3 rings (SSSR count). The molecule has 2 aromatic rings. The lowest BCUT2D eigenvalue weighted by molar-refractivity contribution is 0.0794. The van der Waals surface area contributed by atoms with Gasteiger partial charge in [-0.1, -0.05) is 0 Å². The number of hydrogen-bond acceptors (Lipinski definition) is 5. The van der Waals surface area contributed by atoms with Crippen LogP contribution < -0.4 is 5.63 Å². The molecular weight excluding hydrogens is 258 g/mol. The fourth-order valence-corrected chi connectivity index (χ4v) is 2.67. The fourth-order valence-electron chi connectivity index (χ4n) is 2.67. The topological polar surface area (TPSA) is 73.9 Å². The Morgan fingerprint density at radius 1 is 1.25 bits per heavy atom. The zero-order valence-electron chi connectivity index (χ0n) is 11.1. The SMILES string of the molecule is O=c1cc(CN2CCC(O)CC2)c2ccc(O)cc2o1. The van der Waals surface area contributed by atoms with Crippen molar-refractivity contribution in [3.05, 3.63) is 40.2 Å². The maximum atomic E-state index is 11.6. The summed E-state index contributed by atoms with van der Waals surface area (Å²) in [6, 6.07) is 6.32. The van der Waals surface area contributed by atoms with Crippen molar-refractivity contribution in [2.45, 2.75) is 25.5 Å². The molecule has 1 aromatic heterocycles. The molecule has 0 unspecified atom stereocenters. The minimum absolute atomic E-state index is 0.0823. The van der Waals surface area contributed by atoms with Gasteiger partial charge in [0.05, 0.1) is 6.10 Å². The zero-order valence-corrected chi connectivity index (χ0v) is 11.1. The van der Waals surface area contributed by atoms with Gasteiger partial charge in [0.1, 0.15) is 11.3 Å². The molecule has 0 bridgehead atoms. The number of piperidine rings is 1. The van der Waals surface area contributed by atoms with E-state index in [1.165, 1.54) is 12.1 Å². The zero-order chi connectivity index (χ0) is 14.1. The Balaban J connectivity index is 1.92. The van der Waals surface area contributed by atoms with Gasteiger partial charge >= 0.3 is 5.63 Å². The number of benzene rings is 1. The van der Waals surface area contributed by atoms with E-state index in [4.69, 9.17) is 4.42 Å². The van der Waals surface area contributed by atoms with Gasteiger partial charge in [-0.2, -0.15) is 0 Å². The third-order valence-corrected chi connectivity index (χ3v) is 3.76. The van der Waals surface area contributed by atoms with Crippen molar-refractivity contribution in [2.24, 2.45) is 0 Å². The van der Waals surface area contributed by atoms with E-state index in [0.29, 0.717) is 12.1 Å². The lowest BCUT2D eigenvalue weighted by Gasteiger charge is -2.29. The molecule has 1 aromatic carbocycles. The van der Waals surface area contributed by atoms with Gasteiger partial charge < -0.3 is 14.6 Å². The highest BCUT2D eigenvalue weighted by molar-refractivity contribution is 5.81. The van der Waals surface area contributed by atoms with Gasteiger partial charge in [0.25, 0.3) is 0 Å². The Hall–Kier alpha value is -1.85. The van der Waals surface area contributed by atoms with Crippen LogP contribution in [0.5, 0.6) is 5.75 Å². The molecule has 0 spiro atoms. The van der Waals surface area contributed by atoms with Crippen LogP contribution in [0.4, 0.5) is 0 Å². The van der Waals surface area contributed by atoms with Gasteiger partial charge in [-0.05, 0) is 30.5 Å². The maximum Gasteiger partial charge on any atom is 0.336 e. The molecule has 2 N–H and O–H groups in total. The van der Waals surface area contributed by atoms with Gasteiger partial charge in [0.2, 0.25) is 0 Å². The summed E-state index contributed by atoms with van der Waals surface area (Å²) < 4.78 is 5.12. The molecule has 0 amide bonds. The first-order chi connectivity index (χ1) is 9.61. The quantitative estimate of drug-likeness (QED) is 0.812. The number of hydrogen-bond donors (Lipinski definition) is 2. The van der Waals surface area contributed by atoms with Gasteiger partial charge in [-0.15, -0.1) is 0 Å². The van der Waals surface area contributed by atoms with E-state index >= 15 is 0 Å². The largest absolute Gasteiger partial charge is 0.508 e. The molecule has 5 nitrogen and oxygen atoms in total. The highest BCUT2D eigenvalue weighted by atomic mass is 16.4. The van der Waals surface area contributed by atoms with Crippen molar-refractivity contribution in [3.63, 3.8) is 0 Å². The highest BCUT2D eigenvalue weighted by Gasteiger charge is 2.18. The van der Waals surface area contributed by atoms with Crippen molar-refractivity contribution in [1.29, 1.82) is 0 Å². The molecule has 2 heterocycles. The van der Waals surface area contributed by atoms with E-state index in [-0.39, 0.29) is 11.9 Å². The summed E-state index contributed by atoms with van der Waals surface area (Å²) in [5.41, 5.74) is 0.896. The van der Waals surface area contributed by atoms with Crippen LogP contribution in [-0.4, -0.2) is 34.3 Å². The second-order valence-corrected chi connectivity index (χ2v) is 5.28. The molecule has 5 heteroatoms. The molecule has 0 atom stereocenters. The third-order valence-electron chi connectivity index (χ3n) is 3.76. The second kappa shape index (κ2) is 5.26. The summed E-state index contributed by atoms with van der Waals surface area (Å²) in [4.78, 5) is 13.8. The molecule has 1 saturated heterocycles. The van der Waals surface area contributed by atoms with Crippen LogP contribution in [-0.2, 0) is 6.54 Å². The normalized spacial score (nSPS) is 17.6. The lowest BCUT2D eigenvalue weighted by atomic mass is 10.1. The summed E-state index contributed by atoms with van der Waals surface area (Å²) >= 11 is 0. The maximum absolute atomic E-state index is 11.6. The van der Waals surface area contributed by atoms with Crippen LogP contribution in [0, 0.1) is 0 Å². The van der Waals surface area contributed by atoms with E-state index in [9.17, 15) is 15.0 Å². The molecule has 0 radical (unpaired) electrons. The second-order valence-electron chi connectivity index (χ2n) is 5.28. The van der Waals surface area contributed by atoms with Gasteiger partial charge in [-0.25, -0.2) is 4.79 Å². The van der Waals surface area contributed by atoms with Crippen LogP contribution in [0.25, 0.3) is 11.0 Å². The molecule has 20 heavy (non-hydrogen) atoms. The molecule has 1 aliphatic heterocycles. The number of phenols is 1. The van der Waals surface area contributed by atoms with Gasteiger partial charge in [-0.3, -0.25) is 4.90 Å². The first kappa shape index (κ1) is 13.1. The van der Waals surface area contributed by atoms with Crippen LogP contribution in [0.3, 0.4) is 0 Å². The predicted molar refractivity (Wildman–Crippen MR) is 74.7 cm³/mol. The highest BCUT2D eigenvalue weighted by Crippen LogP contribution is 2.23. The number of fused-ring (bicyclic) bond motifs is 1. The van der Waals surface area contributed by atoms with Crippen molar-refractivity contribution in [3.8, 4) is 5.75 Å². The Bertz CT molecular complexity index is 671. The molecule has 1 aliphatic rings. The van der Waals surface area contributed by atoms with Crippen molar-refractivity contribution < 1.29 is 14.6 Å². The van der Waals surface area contributed by atoms with Gasteiger partial charge in [0.15, 0.2) is 0 Å². The van der Waals surface area contributed by atoms with Crippen molar-refractivity contribution in [1.82, 2.24) is 4.90 Å². The Labute approximate surface area is 116 Å². The number of phenolic OH excluding ortho intramolecular Hbond substituents is 1. The average Bonchev–Trinajstić information content (AvgIpc) is 2.40. The van der Waals surface area contributed by atoms with Crippen LogP contribution >= 0.6 is 0 Å². The number of rotatable bonds is 2. The van der Waals surface area contributed by atoms with E-state index < -0.39 is 5.63 Å². The fraction of sp³-hybridized carbons (Fsp3) is 0.400. The molecular formula is C15H17NO4.